The highest BCUT2D eigenvalue weighted by atomic mass is 16.5. The number of hydrogen-bond donors (Lipinski definition) is 0. The Labute approximate surface area is 164 Å². The van der Waals surface area contributed by atoms with Gasteiger partial charge in [0.1, 0.15) is 0 Å². The standard InChI is InChI=1S/C23H28O2.C2H6/c1-15-12-13-16-8-4-6-10-18(16)21(15)22-19-11-7-5-9-17(19)14-20(24-2)23(22)25-3;1-2/h12-14H,4-11H2,1-3H3;1-2H3. The molecular weight excluding hydrogens is 332 g/mol. The smallest absolute Gasteiger partial charge is 0.168 e. The molecule has 0 radical (unpaired) electrons. The number of aryl methyl sites for hydroxylation is 3. The SMILES string of the molecule is CC.COc1cc2c(c(-c3c(C)ccc4c3CCCC4)c1OC)CCCC2. The normalized spacial score (nSPS) is 15.1. The highest BCUT2D eigenvalue weighted by Gasteiger charge is 2.26. The van der Waals surface area contributed by atoms with Gasteiger partial charge >= 0.3 is 0 Å². The summed E-state index contributed by atoms with van der Waals surface area (Å²) in [4.78, 5) is 0. The van der Waals surface area contributed by atoms with Crippen LogP contribution in [0.5, 0.6) is 11.5 Å². The predicted octanol–water partition coefficient (Wildman–Crippen LogP) is 6.46. The van der Waals surface area contributed by atoms with Gasteiger partial charge in [-0.1, -0.05) is 26.0 Å². The minimum atomic E-state index is 0.881. The number of benzene rings is 2. The molecule has 0 aliphatic heterocycles. The van der Waals surface area contributed by atoms with E-state index >= 15 is 0 Å². The molecular formula is C25H34O2. The maximum Gasteiger partial charge on any atom is 0.168 e. The molecule has 2 aliphatic carbocycles. The highest BCUT2D eigenvalue weighted by molar-refractivity contribution is 5.84. The number of ether oxygens (including phenoxy) is 2. The van der Waals surface area contributed by atoms with Crippen LogP contribution < -0.4 is 9.47 Å². The van der Waals surface area contributed by atoms with E-state index < -0.39 is 0 Å². The van der Waals surface area contributed by atoms with E-state index in [-0.39, 0.29) is 0 Å². The Morgan fingerprint density at radius 2 is 1.30 bits per heavy atom. The number of rotatable bonds is 3. The van der Waals surface area contributed by atoms with Crippen LogP contribution in [0.4, 0.5) is 0 Å². The third-order valence-electron chi connectivity index (χ3n) is 5.98. The minimum Gasteiger partial charge on any atom is -0.493 e. The fourth-order valence-corrected chi connectivity index (χ4v) is 4.77. The largest absolute Gasteiger partial charge is 0.493 e. The molecule has 0 amide bonds. The average molecular weight is 367 g/mol. The van der Waals surface area contributed by atoms with Crippen molar-refractivity contribution in [3.8, 4) is 22.6 Å². The monoisotopic (exact) mass is 366 g/mol. The van der Waals surface area contributed by atoms with Crippen LogP contribution in [0, 0.1) is 6.92 Å². The predicted molar refractivity (Wildman–Crippen MR) is 114 cm³/mol. The third kappa shape index (κ3) is 3.59. The molecule has 0 spiro atoms. The molecule has 2 heteroatoms. The van der Waals surface area contributed by atoms with Crippen molar-refractivity contribution in [2.24, 2.45) is 0 Å². The highest BCUT2D eigenvalue weighted by Crippen LogP contribution is 2.48. The van der Waals surface area contributed by atoms with Crippen molar-refractivity contribution in [2.45, 2.75) is 72.1 Å². The van der Waals surface area contributed by atoms with Gasteiger partial charge in [0.25, 0.3) is 0 Å². The molecule has 0 unspecified atom stereocenters. The number of hydrogen-bond acceptors (Lipinski definition) is 2. The van der Waals surface area contributed by atoms with Gasteiger partial charge in [0, 0.05) is 5.56 Å². The first kappa shape index (κ1) is 19.8. The van der Waals surface area contributed by atoms with E-state index in [0.29, 0.717) is 0 Å². The van der Waals surface area contributed by atoms with E-state index in [1.165, 1.54) is 71.9 Å². The van der Waals surface area contributed by atoms with E-state index in [1.807, 2.05) is 13.8 Å². The van der Waals surface area contributed by atoms with E-state index in [1.54, 1.807) is 19.8 Å². The molecule has 0 saturated carbocycles. The lowest BCUT2D eigenvalue weighted by Gasteiger charge is -2.28. The molecule has 0 bridgehead atoms. The fourth-order valence-electron chi connectivity index (χ4n) is 4.77. The molecule has 0 heterocycles. The van der Waals surface area contributed by atoms with Crippen molar-refractivity contribution in [1.82, 2.24) is 0 Å². The molecule has 0 aromatic heterocycles. The first-order valence-electron chi connectivity index (χ1n) is 10.6. The van der Waals surface area contributed by atoms with Gasteiger partial charge in [-0.2, -0.15) is 0 Å². The van der Waals surface area contributed by atoms with Crippen molar-refractivity contribution in [1.29, 1.82) is 0 Å². The van der Waals surface area contributed by atoms with E-state index in [4.69, 9.17) is 9.47 Å². The zero-order valence-electron chi connectivity index (χ0n) is 17.7. The lowest BCUT2D eigenvalue weighted by Crippen LogP contribution is -2.11. The fraction of sp³-hybridized carbons (Fsp3) is 0.520. The molecule has 0 fully saturated rings. The van der Waals surface area contributed by atoms with Gasteiger partial charge in [0.15, 0.2) is 11.5 Å². The maximum absolute atomic E-state index is 5.91. The molecule has 27 heavy (non-hydrogen) atoms. The lowest BCUT2D eigenvalue weighted by atomic mass is 9.79. The summed E-state index contributed by atoms with van der Waals surface area (Å²) in [5.41, 5.74) is 10.1. The second kappa shape index (κ2) is 8.82. The van der Waals surface area contributed by atoms with Gasteiger partial charge in [0.2, 0.25) is 0 Å². The first-order chi connectivity index (χ1) is 13.2. The Balaban J connectivity index is 0.00000102. The molecule has 2 aliphatic rings. The zero-order valence-corrected chi connectivity index (χ0v) is 17.7. The van der Waals surface area contributed by atoms with Gasteiger partial charge in [0.05, 0.1) is 14.2 Å². The summed E-state index contributed by atoms with van der Waals surface area (Å²) in [5.74, 6) is 1.80. The van der Waals surface area contributed by atoms with Gasteiger partial charge in [-0.3, -0.25) is 0 Å². The first-order valence-corrected chi connectivity index (χ1v) is 10.6. The van der Waals surface area contributed by atoms with Gasteiger partial charge in [-0.15, -0.1) is 0 Å². The molecule has 2 nitrogen and oxygen atoms in total. The Hall–Kier alpha value is -1.96. The number of fused-ring (bicyclic) bond motifs is 2. The van der Waals surface area contributed by atoms with Crippen LogP contribution >= 0.6 is 0 Å². The minimum absolute atomic E-state index is 0.881. The molecule has 2 aromatic carbocycles. The molecule has 2 aromatic rings. The summed E-state index contributed by atoms with van der Waals surface area (Å²) < 4.78 is 11.6. The topological polar surface area (TPSA) is 18.5 Å². The molecule has 4 rings (SSSR count). The van der Waals surface area contributed by atoms with E-state index in [2.05, 4.69) is 25.1 Å². The van der Waals surface area contributed by atoms with Crippen molar-refractivity contribution < 1.29 is 9.47 Å². The van der Waals surface area contributed by atoms with Crippen molar-refractivity contribution in [2.75, 3.05) is 14.2 Å². The zero-order chi connectivity index (χ0) is 19.4. The quantitative estimate of drug-likeness (QED) is 0.620. The van der Waals surface area contributed by atoms with Crippen LogP contribution in [0.1, 0.15) is 67.3 Å². The van der Waals surface area contributed by atoms with Crippen molar-refractivity contribution in [3.63, 3.8) is 0 Å². The maximum atomic E-state index is 5.91. The Kier molecular flexibility index (Phi) is 6.46. The second-order valence-corrected chi connectivity index (χ2v) is 7.43. The van der Waals surface area contributed by atoms with Crippen LogP contribution in [-0.4, -0.2) is 14.2 Å². The van der Waals surface area contributed by atoms with Gasteiger partial charge in [-0.25, -0.2) is 0 Å². The summed E-state index contributed by atoms with van der Waals surface area (Å²) in [5, 5.41) is 0. The van der Waals surface area contributed by atoms with Crippen molar-refractivity contribution >= 4 is 0 Å². The van der Waals surface area contributed by atoms with Crippen LogP contribution in [0.2, 0.25) is 0 Å². The van der Waals surface area contributed by atoms with E-state index in [0.717, 1.165) is 24.3 Å². The van der Waals surface area contributed by atoms with Crippen LogP contribution in [0.15, 0.2) is 18.2 Å². The van der Waals surface area contributed by atoms with Gasteiger partial charge < -0.3 is 9.47 Å². The molecule has 146 valence electrons. The average Bonchev–Trinajstić information content (AvgIpc) is 2.74. The Bertz CT molecular complexity index is 790. The lowest BCUT2D eigenvalue weighted by molar-refractivity contribution is 0.355. The Morgan fingerprint density at radius 3 is 1.93 bits per heavy atom. The Morgan fingerprint density at radius 1 is 0.704 bits per heavy atom. The summed E-state index contributed by atoms with van der Waals surface area (Å²) in [6, 6.07) is 6.85. The molecule has 0 saturated heterocycles. The summed E-state index contributed by atoms with van der Waals surface area (Å²) in [6.07, 6.45) is 9.82. The summed E-state index contributed by atoms with van der Waals surface area (Å²) in [7, 11) is 3.53. The van der Waals surface area contributed by atoms with Crippen LogP contribution in [-0.2, 0) is 25.7 Å². The van der Waals surface area contributed by atoms with E-state index in [9.17, 15) is 0 Å². The molecule has 0 N–H and O–H groups in total. The van der Waals surface area contributed by atoms with Crippen LogP contribution in [0.25, 0.3) is 11.1 Å². The van der Waals surface area contributed by atoms with Crippen molar-refractivity contribution in [3.05, 3.63) is 46.0 Å². The third-order valence-corrected chi connectivity index (χ3v) is 5.98. The van der Waals surface area contributed by atoms with Gasteiger partial charge in [-0.05, 0) is 97.7 Å². The second-order valence-electron chi connectivity index (χ2n) is 7.43. The molecule has 0 atom stereocenters. The summed E-state index contributed by atoms with van der Waals surface area (Å²) >= 11 is 0. The van der Waals surface area contributed by atoms with Crippen LogP contribution in [0.3, 0.4) is 0 Å². The number of methoxy groups -OCH3 is 2. The summed E-state index contributed by atoms with van der Waals surface area (Å²) in [6.45, 7) is 6.25.